The molecule has 2 N–H and O–H groups in total. The van der Waals surface area contributed by atoms with Crippen molar-refractivity contribution in [3.8, 4) is 11.3 Å². The third kappa shape index (κ3) is 3.13. The fraction of sp³-hybridized carbons (Fsp3) is 0.136. The van der Waals surface area contributed by atoms with Crippen molar-refractivity contribution >= 4 is 40.0 Å². The van der Waals surface area contributed by atoms with Crippen LogP contribution in [0.3, 0.4) is 0 Å². The van der Waals surface area contributed by atoms with E-state index >= 15 is 0 Å². The minimum absolute atomic E-state index is 0.414. The van der Waals surface area contributed by atoms with E-state index in [4.69, 9.17) is 0 Å². The van der Waals surface area contributed by atoms with Crippen LogP contribution in [0.25, 0.3) is 22.2 Å². The third-order valence-corrected chi connectivity index (χ3v) is 6.02. The molecule has 2 aromatic carbocycles. The lowest BCUT2D eigenvalue weighted by Crippen LogP contribution is -2.23. The maximum Gasteiger partial charge on any atom is 0.296 e. The highest BCUT2D eigenvalue weighted by Gasteiger charge is 2.23. The number of nitrogens with zero attached hydrogens (tertiary/aromatic N) is 2. The monoisotopic (exact) mass is 402 g/mol. The van der Waals surface area contributed by atoms with Crippen molar-refractivity contribution in [1.82, 2.24) is 14.5 Å². The van der Waals surface area contributed by atoms with Crippen LogP contribution in [-0.2, 0) is 11.3 Å². The number of aromatic nitrogens is 3. The van der Waals surface area contributed by atoms with E-state index in [0.717, 1.165) is 39.6 Å². The Morgan fingerprint density at radius 1 is 1.17 bits per heavy atom. The van der Waals surface area contributed by atoms with Crippen molar-refractivity contribution in [1.29, 1.82) is 0 Å². The number of anilines is 1. The van der Waals surface area contributed by atoms with Gasteiger partial charge in [-0.15, -0.1) is 0 Å². The Morgan fingerprint density at radius 3 is 2.90 bits per heavy atom. The Kier molecular flexibility index (Phi) is 4.24. The summed E-state index contributed by atoms with van der Waals surface area (Å²) in [5, 5.41) is 4.51. The smallest absolute Gasteiger partial charge is 0.296 e. The van der Waals surface area contributed by atoms with Gasteiger partial charge in [-0.2, -0.15) is 0 Å². The molecule has 0 spiro atoms. The number of para-hydroxylation sites is 1. The van der Waals surface area contributed by atoms with E-state index in [-0.39, 0.29) is 0 Å². The molecule has 144 valence electrons. The molecule has 1 aliphatic heterocycles. The van der Waals surface area contributed by atoms with Gasteiger partial charge in [0.1, 0.15) is 0 Å². The van der Waals surface area contributed by atoms with E-state index in [1.165, 1.54) is 0 Å². The maximum absolute atomic E-state index is 12.8. The Bertz CT molecular complexity index is 1250. The van der Waals surface area contributed by atoms with Crippen LogP contribution in [0, 0.1) is 6.92 Å². The predicted octanol–water partition coefficient (Wildman–Crippen LogP) is 4.27. The number of carbonyl (C=O) groups is 2. The molecular formula is C22H18N4O2S. The minimum Gasteiger partial charge on any atom is -0.358 e. The second kappa shape index (κ2) is 6.93. The first-order valence-electron chi connectivity index (χ1n) is 9.33. The SMILES string of the molecule is Cc1[nH]c2ccccc2c1C(=O)C(=O)Nc1cccc(-c2cn3c(n2)SCC3)c1. The minimum atomic E-state index is -0.655. The molecule has 0 saturated carbocycles. The number of H-pyrrole nitrogens is 1. The fourth-order valence-corrected chi connectivity index (χ4v) is 4.62. The zero-order valence-electron chi connectivity index (χ0n) is 15.7. The van der Waals surface area contributed by atoms with Gasteiger partial charge in [-0.25, -0.2) is 4.98 Å². The van der Waals surface area contributed by atoms with Gasteiger partial charge in [0.2, 0.25) is 0 Å². The number of Topliss-reactive ketones (excluding diaryl/α,β-unsaturated/α-hetero) is 1. The number of aryl methyl sites for hydroxylation is 2. The quantitative estimate of drug-likeness (QED) is 0.395. The summed E-state index contributed by atoms with van der Waals surface area (Å²) in [7, 11) is 0. The van der Waals surface area contributed by atoms with Crippen LogP contribution in [0.5, 0.6) is 0 Å². The molecule has 0 radical (unpaired) electrons. The summed E-state index contributed by atoms with van der Waals surface area (Å²) < 4.78 is 2.13. The average molecular weight is 402 g/mol. The standard InChI is InChI=1S/C22H18N4O2S/c1-13-19(16-7-2-3-8-17(16)23-13)20(27)21(28)24-15-6-4-5-14(11-15)18-12-26-9-10-29-22(26)25-18/h2-8,11-12,23H,9-10H2,1H3,(H,24,28). The molecule has 4 aromatic rings. The number of rotatable bonds is 4. The fourth-order valence-electron chi connectivity index (χ4n) is 3.68. The number of carbonyl (C=O) groups excluding carboxylic acids is 2. The van der Waals surface area contributed by atoms with Gasteiger partial charge in [-0.3, -0.25) is 9.59 Å². The zero-order chi connectivity index (χ0) is 20.0. The van der Waals surface area contributed by atoms with Gasteiger partial charge in [0.15, 0.2) is 5.16 Å². The van der Waals surface area contributed by atoms with Crippen LogP contribution in [0.2, 0.25) is 0 Å². The van der Waals surface area contributed by atoms with Crippen molar-refractivity contribution < 1.29 is 9.59 Å². The van der Waals surface area contributed by atoms with Crippen molar-refractivity contribution in [2.45, 2.75) is 18.6 Å². The molecule has 29 heavy (non-hydrogen) atoms. The Hall–Kier alpha value is -3.32. The molecule has 7 heteroatoms. The van der Waals surface area contributed by atoms with Crippen LogP contribution in [0.4, 0.5) is 5.69 Å². The molecule has 3 heterocycles. The number of amides is 1. The molecule has 0 aliphatic carbocycles. The highest BCUT2D eigenvalue weighted by Crippen LogP contribution is 2.30. The number of nitrogens with one attached hydrogen (secondary N) is 2. The van der Waals surface area contributed by atoms with Gasteiger partial charge in [0.05, 0.1) is 11.3 Å². The van der Waals surface area contributed by atoms with Gasteiger partial charge in [-0.1, -0.05) is 42.1 Å². The second-order valence-electron chi connectivity index (χ2n) is 6.99. The highest BCUT2D eigenvalue weighted by atomic mass is 32.2. The van der Waals surface area contributed by atoms with Crippen LogP contribution in [0.15, 0.2) is 59.9 Å². The molecule has 0 saturated heterocycles. The average Bonchev–Trinajstić information content (AvgIpc) is 3.40. The molecule has 0 atom stereocenters. The topological polar surface area (TPSA) is 79.8 Å². The summed E-state index contributed by atoms with van der Waals surface area (Å²) in [6.07, 6.45) is 2.02. The maximum atomic E-state index is 12.8. The number of hydrogen-bond acceptors (Lipinski definition) is 4. The van der Waals surface area contributed by atoms with E-state index in [9.17, 15) is 9.59 Å². The van der Waals surface area contributed by atoms with Crippen LogP contribution >= 0.6 is 11.8 Å². The second-order valence-corrected chi connectivity index (χ2v) is 8.05. The molecule has 1 aliphatic rings. The predicted molar refractivity (Wildman–Crippen MR) is 114 cm³/mol. The number of ketones is 1. The van der Waals surface area contributed by atoms with E-state index in [2.05, 4.69) is 19.9 Å². The van der Waals surface area contributed by atoms with Gasteiger partial charge in [0.25, 0.3) is 11.7 Å². The highest BCUT2D eigenvalue weighted by molar-refractivity contribution is 7.99. The molecule has 0 unspecified atom stereocenters. The van der Waals surface area contributed by atoms with Gasteiger partial charge < -0.3 is 14.9 Å². The van der Waals surface area contributed by atoms with Crippen LogP contribution in [0.1, 0.15) is 16.1 Å². The lowest BCUT2D eigenvalue weighted by atomic mass is 10.1. The van der Waals surface area contributed by atoms with Crippen molar-refractivity contribution in [3.05, 3.63) is 66.0 Å². The first kappa shape index (κ1) is 17.8. The van der Waals surface area contributed by atoms with Crippen molar-refractivity contribution in [3.63, 3.8) is 0 Å². The van der Waals surface area contributed by atoms with E-state index in [0.29, 0.717) is 16.9 Å². The summed E-state index contributed by atoms with van der Waals surface area (Å²) in [6.45, 7) is 2.76. The van der Waals surface area contributed by atoms with E-state index in [1.807, 2.05) is 48.7 Å². The zero-order valence-corrected chi connectivity index (χ0v) is 16.5. The summed E-state index contributed by atoms with van der Waals surface area (Å²) in [5.74, 6) is -0.158. The number of benzene rings is 2. The largest absolute Gasteiger partial charge is 0.358 e. The Morgan fingerprint density at radius 2 is 2.03 bits per heavy atom. The molecular weight excluding hydrogens is 384 g/mol. The van der Waals surface area contributed by atoms with Gasteiger partial charge >= 0.3 is 0 Å². The van der Waals surface area contributed by atoms with Crippen LogP contribution < -0.4 is 5.32 Å². The molecule has 0 fully saturated rings. The first-order chi connectivity index (χ1) is 14.1. The van der Waals surface area contributed by atoms with Crippen molar-refractivity contribution in [2.75, 3.05) is 11.1 Å². The molecule has 0 bridgehead atoms. The lowest BCUT2D eigenvalue weighted by Gasteiger charge is -2.06. The number of imidazole rings is 1. The van der Waals surface area contributed by atoms with Crippen LogP contribution in [-0.4, -0.2) is 32.0 Å². The van der Waals surface area contributed by atoms with Gasteiger partial charge in [0, 0.05) is 46.3 Å². The third-order valence-electron chi connectivity index (χ3n) is 5.05. The molecule has 2 aromatic heterocycles. The summed E-state index contributed by atoms with van der Waals surface area (Å²) in [6, 6.07) is 14.9. The summed E-state index contributed by atoms with van der Waals surface area (Å²) in [4.78, 5) is 33.3. The molecule has 5 rings (SSSR count). The molecule has 6 nitrogen and oxygen atoms in total. The normalized spacial score (nSPS) is 12.9. The van der Waals surface area contributed by atoms with Gasteiger partial charge in [-0.05, 0) is 25.1 Å². The molecule has 1 amide bonds. The van der Waals surface area contributed by atoms with E-state index in [1.54, 1.807) is 24.8 Å². The lowest BCUT2D eigenvalue weighted by molar-refractivity contribution is -0.112. The number of aromatic amines is 1. The first-order valence-corrected chi connectivity index (χ1v) is 10.3. The number of thioether (sulfide) groups is 1. The van der Waals surface area contributed by atoms with Crippen molar-refractivity contribution in [2.24, 2.45) is 0 Å². The van der Waals surface area contributed by atoms with E-state index < -0.39 is 11.7 Å². The summed E-state index contributed by atoms with van der Waals surface area (Å²) >= 11 is 1.74. The number of fused-ring (bicyclic) bond motifs is 2. The Labute approximate surface area is 171 Å². The number of hydrogen-bond donors (Lipinski definition) is 2. The summed E-state index contributed by atoms with van der Waals surface area (Å²) in [5.41, 5.74) is 4.28. The Balaban J connectivity index is 1.40.